The second-order valence-electron chi connectivity index (χ2n) is 4.47. The summed E-state index contributed by atoms with van der Waals surface area (Å²) < 4.78 is 10.5. The third kappa shape index (κ3) is 1.89. The molecule has 1 fully saturated rings. The zero-order valence-electron chi connectivity index (χ0n) is 10.3. The standard InChI is InChI=1S/C11H12O8S/c1-4(8(12)13)11-6(18-2-3-19-11)5(9(14)15)20-7(11)10(16)17/h2-7H,1H3,(H,12,13)(H,14,15)(H,16,17). The van der Waals surface area contributed by atoms with Crippen LogP contribution in [0, 0.1) is 5.92 Å². The van der Waals surface area contributed by atoms with Crippen LogP contribution in [0.4, 0.5) is 0 Å². The first-order valence-corrected chi connectivity index (χ1v) is 6.58. The fourth-order valence-corrected chi connectivity index (χ4v) is 4.04. The van der Waals surface area contributed by atoms with Crippen LogP contribution in [0.1, 0.15) is 6.92 Å². The fourth-order valence-electron chi connectivity index (χ4n) is 2.49. The van der Waals surface area contributed by atoms with E-state index in [0.29, 0.717) is 11.8 Å². The highest BCUT2D eigenvalue weighted by Crippen LogP contribution is 2.51. The molecule has 2 heterocycles. The molecule has 2 rings (SSSR count). The van der Waals surface area contributed by atoms with Gasteiger partial charge in [-0.15, -0.1) is 11.8 Å². The molecule has 0 amide bonds. The molecule has 1 saturated heterocycles. The van der Waals surface area contributed by atoms with Gasteiger partial charge in [-0.1, -0.05) is 0 Å². The molecule has 8 nitrogen and oxygen atoms in total. The third-order valence-corrected chi connectivity index (χ3v) is 5.06. The SMILES string of the molecule is CC(C(=O)O)C12OC=COC1C(C(=O)O)SC2C(=O)O. The quantitative estimate of drug-likeness (QED) is 0.656. The monoisotopic (exact) mass is 304 g/mol. The molecule has 5 atom stereocenters. The predicted octanol–water partition coefficient (Wildman–Crippen LogP) is -0.0143. The topological polar surface area (TPSA) is 130 Å². The molecule has 0 aromatic heterocycles. The molecular formula is C11H12O8S. The van der Waals surface area contributed by atoms with Gasteiger partial charge >= 0.3 is 17.9 Å². The number of fused-ring (bicyclic) bond motifs is 1. The van der Waals surface area contributed by atoms with Crippen molar-refractivity contribution in [2.24, 2.45) is 5.92 Å². The van der Waals surface area contributed by atoms with Gasteiger partial charge in [-0.25, -0.2) is 0 Å². The summed E-state index contributed by atoms with van der Waals surface area (Å²) in [6, 6.07) is 0. The molecule has 0 saturated carbocycles. The van der Waals surface area contributed by atoms with E-state index < -0.39 is 46.0 Å². The van der Waals surface area contributed by atoms with Crippen LogP contribution >= 0.6 is 11.8 Å². The summed E-state index contributed by atoms with van der Waals surface area (Å²) in [6.45, 7) is 1.28. The number of aliphatic carboxylic acids is 3. The van der Waals surface area contributed by atoms with Crippen molar-refractivity contribution in [2.45, 2.75) is 29.1 Å². The lowest BCUT2D eigenvalue weighted by atomic mass is 9.79. The van der Waals surface area contributed by atoms with Gasteiger partial charge in [-0.05, 0) is 6.92 Å². The Bertz CT molecular complexity index is 489. The van der Waals surface area contributed by atoms with Crippen LogP contribution in [0.3, 0.4) is 0 Å². The first kappa shape index (κ1) is 14.5. The Labute approximate surface area is 117 Å². The number of ether oxygens (including phenoxy) is 2. The molecule has 0 radical (unpaired) electrons. The van der Waals surface area contributed by atoms with Crippen molar-refractivity contribution in [1.29, 1.82) is 0 Å². The summed E-state index contributed by atoms with van der Waals surface area (Å²) in [4.78, 5) is 33.9. The van der Waals surface area contributed by atoms with Crippen LogP contribution in [0.25, 0.3) is 0 Å². The maximum Gasteiger partial charge on any atom is 0.320 e. The van der Waals surface area contributed by atoms with E-state index in [4.69, 9.17) is 14.6 Å². The molecule has 0 aromatic carbocycles. The van der Waals surface area contributed by atoms with E-state index in [-0.39, 0.29) is 0 Å². The highest BCUT2D eigenvalue weighted by Gasteiger charge is 2.68. The zero-order chi connectivity index (χ0) is 15.1. The van der Waals surface area contributed by atoms with Gasteiger partial charge in [-0.2, -0.15) is 0 Å². The molecular weight excluding hydrogens is 292 g/mol. The maximum absolute atomic E-state index is 11.4. The summed E-state index contributed by atoms with van der Waals surface area (Å²) in [5.41, 5.74) is -1.76. The highest BCUT2D eigenvalue weighted by molar-refractivity contribution is 8.02. The number of rotatable bonds is 4. The van der Waals surface area contributed by atoms with E-state index >= 15 is 0 Å². The number of thioether (sulfide) groups is 1. The fraction of sp³-hybridized carbons (Fsp3) is 0.545. The van der Waals surface area contributed by atoms with Gasteiger partial charge in [-0.3, -0.25) is 14.4 Å². The second-order valence-corrected chi connectivity index (χ2v) is 5.72. The number of carbonyl (C=O) groups is 3. The van der Waals surface area contributed by atoms with E-state index in [0.717, 1.165) is 12.5 Å². The summed E-state index contributed by atoms with van der Waals surface area (Å²) in [5, 5.41) is 25.1. The van der Waals surface area contributed by atoms with Crippen molar-refractivity contribution in [3.8, 4) is 0 Å². The molecule has 20 heavy (non-hydrogen) atoms. The Morgan fingerprint density at radius 2 is 1.85 bits per heavy atom. The summed E-state index contributed by atoms with van der Waals surface area (Å²) in [5.74, 6) is -5.15. The highest BCUT2D eigenvalue weighted by atomic mass is 32.2. The normalized spacial score (nSPS) is 36.4. The van der Waals surface area contributed by atoms with Gasteiger partial charge < -0.3 is 24.8 Å². The molecule has 5 unspecified atom stereocenters. The minimum atomic E-state index is -1.76. The number of carboxylic acids is 3. The van der Waals surface area contributed by atoms with Crippen molar-refractivity contribution in [3.05, 3.63) is 12.5 Å². The largest absolute Gasteiger partial charge is 0.489 e. The van der Waals surface area contributed by atoms with E-state index in [1.54, 1.807) is 0 Å². The van der Waals surface area contributed by atoms with Crippen LogP contribution in [-0.4, -0.2) is 55.4 Å². The lowest BCUT2D eigenvalue weighted by Gasteiger charge is -2.41. The molecule has 0 aromatic rings. The number of hydrogen-bond acceptors (Lipinski definition) is 6. The minimum absolute atomic E-state index is 0.624. The molecule has 110 valence electrons. The van der Waals surface area contributed by atoms with Gasteiger partial charge in [0.1, 0.15) is 23.0 Å². The van der Waals surface area contributed by atoms with Crippen LogP contribution < -0.4 is 0 Å². The summed E-state index contributed by atoms with van der Waals surface area (Å²) >= 11 is 0.624. The Kier molecular flexibility index (Phi) is 3.55. The van der Waals surface area contributed by atoms with Crippen LogP contribution in [0.2, 0.25) is 0 Å². The first-order chi connectivity index (χ1) is 9.32. The minimum Gasteiger partial charge on any atom is -0.489 e. The van der Waals surface area contributed by atoms with E-state index in [1.165, 1.54) is 6.92 Å². The van der Waals surface area contributed by atoms with E-state index in [1.807, 2.05) is 0 Å². The molecule has 2 aliphatic heterocycles. The van der Waals surface area contributed by atoms with Gasteiger partial charge in [0.25, 0.3) is 0 Å². The van der Waals surface area contributed by atoms with Gasteiger partial charge in [0.05, 0.1) is 5.92 Å². The summed E-state index contributed by atoms with van der Waals surface area (Å²) in [7, 11) is 0. The van der Waals surface area contributed by atoms with E-state index in [9.17, 15) is 24.6 Å². The van der Waals surface area contributed by atoms with Crippen molar-refractivity contribution in [2.75, 3.05) is 0 Å². The number of carboxylic acid groups (broad SMARTS) is 3. The predicted molar refractivity (Wildman–Crippen MR) is 65.1 cm³/mol. The lowest BCUT2D eigenvalue weighted by molar-refractivity contribution is -0.178. The Hall–Kier alpha value is -1.90. The molecule has 0 bridgehead atoms. The first-order valence-electron chi connectivity index (χ1n) is 5.64. The van der Waals surface area contributed by atoms with E-state index in [2.05, 4.69) is 0 Å². The number of hydrogen-bond donors (Lipinski definition) is 3. The van der Waals surface area contributed by atoms with Crippen molar-refractivity contribution in [1.82, 2.24) is 0 Å². The third-order valence-electron chi connectivity index (χ3n) is 3.48. The van der Waals surface area contributed by atoms with Gasteiger partial charge in [0.2, 0.25) is 0 Å². The molecule has 0 aliphatic carbocycles. The van der Waals surface area contributed by atoms with Crippen molar-refractivity contribution in [3.63, 3.8) is 0 Å². The van der Waals surface area contributed by atoms with Gasteiger partial charge in [0, 0.05) is 0 Å². The second kappa shape index (κ2) is 4.89. The Morgan fingerprint density at radius 3 is 2.35 bits per heavy atom. The lowest BCUT2D eigenvalue weighted by Crippen LogP contribution is -2.60. The molecule has 0 spiro atoms. The Balaban J connectivity index is 2.54. The van der Waals surface area contributed by atoms with Crippen molar-refractivity contribution >= 4 is 29.7 Å². The molecule has 9 heteroatoms. The molecule has 2 aliphatic rings. The van der Waals surface area contributed by atoms with Crippen molar-refractivity contribution < 1.29 is 39.2 Å². The maximum atomic E-state index is 11.4. The van der Waals surface area contributed by atoms with Gasteiger partial charge in [0.15, 0.2) is 11.7 Å². The smallest absolute Gasteiger partial charge is 0.320 e. The Morgan fingerprint density at radius 1 is 1.20 bits per heavy atom. The van der Waals surface area contributed by atoms with Crippen LogP contribution in [0.15, 0.2) is 12.5 Å². The van der Waals surface area contributed by atoms with Crippen LogP contribution in [-0.2, 0) is 23.9 Å². The van der Waals surface area contributed by atoms with Crippen LogP contribution in [0.5, 0.6) is 0 Å². The summed E-state index contributed by atoms with van der Waals surface area (Å²) in [6.07, 6.45) is 0.955. The zero-order valence-corrected chi connectivity index (χ0v) is 11.1. The average Bonchev–Trinajstić information content (AvgIpc) is 2.74. The molecule has 3 N–H and O–H groups in total. The average molecular weight is 304 g/mol.